The van der Waals surface area contributed by atoms with Crippen LogP contribution in [-0.2, 0) is 7.05 Å². The number of nitrogens with one attached hydrogen (secondary N) is 2. The van der Waals surface area contributed by atoms with Crippen LogP contribution in [0.15, 0.2) is 0 Å². The van der Waals surface area contributed by atoms with Crippen molar-refractivity contribution in [2.75, 3.05) is 5.32 Å². The smallest absolute Gasteiger partial charge is 0.273 e. The summed E-state index contributed by atoms with van der Waals surface area (Å²) < 4.78 is 1.56. The molecule has 13 heavy (non-hydrogen) atoms. The van der Waals surface area contributed by atoms with Gasteiger partial charge in [-0.15, -0.1) is 12.6 Å². The summed E-state index contributed by atoms with van der Waals surface area (Å²) in [7, 11) is 1.74. The van der Waals surface area contributed by atoms with Crippen molar-refractivity contribution in [3.05, 3.63) is 11.4 Å². The van der Waals surface area contributed by atoms with Crippen LogP contribution in [0.1, 0.15) is 16.2 Å². The number of fused-ring (bicyclic) bond motifs is 1. The molecule has 70 valence electrons. The Bertz CT molecular complexity index is 373. The molecule has 2 heterocycles. The van der Waals surface area contributed by atoms with E-state index in [4.69, 9.17) is 0 Å². The second-order valence-corrected chi connectivity index (χ2v) is 3.47. The van der Waals surface area contributed by atoms with Crippen LogP contribution in [0.5, 0.6) is 0 Å². The molecule has 6 heteroatoms. The molecule has 0 spiro atoms. The average molecular weight is 198 g/mol. The number of aromatic nitrogens is 2. The summed E-state index contributed by atoms with van der Waals surface area (Å²) in [6.07, 6.45) is 0. The fraction of sp³-hybridized carbons (Fsp3) is 0.429. The maximum absolute atomic E-state index is 11.5. The molecule has 0 radical (unpaired) electrons. The highest BCUT2D eigenvalue weighted by atomic mass is 32.1. The maximum atomic E-state index is 11.5. The number of aryl methyl sites for hydroxylation is 2. The monoisotopic (exact) mass is 198 g/mol. The Kier molecular flexibility index (Phi) is 1.73. The molecular weight excluding hydrogens is 188 g/mol. The van der Waals surface area contributed by atoms with Gasteiger partial charge >= 0.3 is 0 Å². The fourth-order valence-electron chi connectivity index (χ4n) is 1.46. The van der Waals surface area contributed by atoms with Gasteiger partial charge in [-0.2, -0.15) is 5.10 Å². The molecule has 0 fully saturated rings. The van der Waals surface area contributed by atoms with Crippen LogP contribution < -0.4 is 10.6 Å². The number of carbonyl (C=O) groups excluding carboxylic acids is 1. The van der Waals surface area contributed by atoms with E-state index < -0.39 is 0 Å². The standard InChI is InChI=1S/C7H10N4OS/c1-3-4-5(11(2)10-3)6(12)9-7(13)8-4/h7-8,13H,1-2H3,(H,9,12). The van der Waals surface area contributed by atoms with Crippen molar-refractivity contribution in [3.8, 4) is 0 Å². The summed E-state index contributed by atoms with van der Waals surface area (Å²) in [5, 5.41) is 9.81. The van der Waals surface area contributed by atoms with Crippen LogP contribution in [0, 0.1) is 6.92 Å². The minimum atomic E-state index is -0.331. The van der Waals surface area contributed by atoms with Crippen molar-refractivity contribution in [1.29, 1.82) is 0 Å². The van der Waals surface area contributed by atoms with E-state index in [0.717, 1.165) is 11.4 Å². The predicted octanol–water partition coefficient (Wildman–Crippen LogP) is 0.0972. The Hall–Kier alpha value is -1.17. The van der Waals surface area contributed by atoms with Crippen LogP contribution in [0.25, 0.3) is 0 Å². The van der Waals surface area contributed by atoms with E-state index in [9.17, 15) is 4.79 Å². The number of thiol groups is 1. The summed E-state index contributed by atoms with van der Waals surface area (Å²) in [4.78, 5) is 11.5. The number of rotatable bonds is 0. The van der Waals surface area contributed by atoms with Gasteiger partial charge in [0.2, 0.25) is 0 Å². The Labute approximate surface area is 80.9 Å². The van der Waals surface area contributed by atoms with Crippen LogP contribution >= 0.6 is 12.6 Å². The molecule has 5 nitrogen and oxygen atoms in total. The lowest BCUT2D eigenvalue weighted by Gasteiger charge is -2.21. The normalized spacial score (nSPS) is 20.5. The van der Waals surface area contributed by atoms with Crippen molar-refractivity contribution < 1.29 is 4.79 Å². The zero-order valence-corrected chi connectivity index (χ0v) is 8.22. The topological polar surface area (TPSA) is 59.0 Å². The van der Waals surface area contributed by atoms with Crippen molar-refractivity contribution in [1.82, 2.24) is 15.1 Å². The molecule has 0 aromatic carbocycles. The first-order chi connectivity index (χ1) is 6.09. The second kappa shape index (κ2) is 2.66. The zero-order valence-electron chi connectivity index (χ0n) is 7.33. The SMILES string of the molecule is Cc1nn(C)c2c1NC(S)NC2=O. The summed E-state index contributed by atoms with van der Waals surface area (Å²) in [6.45, 7) is 1.85. The van der Waals surface area contributed by atoms with Gasteiger partial charge in [-0.3, -0.25) is 9.48 Å². The van der Waals surface area contributed by atoms with Gasteiger partial charge in [-0.25, -0.2) is 0 Å². The third-order valence-electron chi connectivity index (χ3n) is 1.99. The lowest BCUT2D eigenvalue weighted by atomic mass is 10.2. The summed E-state index contributed by atoms with van der Waals surface area (Å²) in [6, 6.07) is 0. The van der Waals surface area contributed by atoms with Crippen LogP contribution in [0.2, 0.25) is 0 Å². The van der Waals surface area contributed by atoms with Crippen LogP contribution in [-0.4, -0.2) is 21.2 Å². The Morgan fingerprint density at radius 1 is 1.54 bits per heavy atom. The molecule has 1 unspecified atom stereocenters. The van der Waals surface area contributed by atoms with Crippen molar-refractivity contribution >= 4 is 24.2 Å². The number of hydrogen-bond acceptors (Lipinski definition) is 4. The molecule has 0 bridgehead atoms. The first kappa shape index (κ1) is 8.43. The number of hydrogen-bond donors (Lipinski definition) is 3. The van der Waals surface area contributed by atoms with Gasteiger partial charge in [0, 0.05) is 7.05 Å². The number of nitrogens with zero attached hydrogens (tertiary/aromatic N) is 2. The van der Waals surface area contributed by atoms with Gasteiger partial charge in [0.05, 0.1) is 11.4 Å². The Balaban J connectivity index is 2.57. The molecule has 0 saturated carbocycles. The highest BCUT2D eigenvalue weighted by molar-refractivity contribution is 7.81. The first-order valence-electron chi connectivity index (χ1n) is 3.88. The molecule has 1 aromatic rings. The van der Waals surface area contributed by atoms with Gasteiger partial charge in [-0.05, 0) is 6.92 Å². The molecule has 0 saturated heterocycles. The van der Waals surface area contributed by atoms with E-state index in [1.807, 2.05) is 6.92 Å². The molecule has 1 aromatic heterocycles. The molecule has 1 aliphatic rings. The summed E-state index contributed by atoms with van der Waals surface area (Å²) in [5.74, 6) is -0.142. The quantitative estimate of drug-likeness (QED) is 0.518. The van der Waals surface area contributed by atoms with Crippen molar-refractivity contribution in [3.63, 3.8) is 0 Å². The summed E-state index contributed by atoms with van der Waals surface area (Å²) in [5.41, 5.74) is 1.81. The minimum Gasteiger partial charge on any atom is -0.354 e. The zero-order chi connectivity index (χ0) is 9.59. The molecule has 2 rings (SSSR count). The minimum absolute atomic E-state index is 0.142. The van der Waals surface area contributed by atoms with E-state index in [1.54, 1.807) is 11.7 Å². The van der Waals surface area contributed by atoms with Crippen LogP contribution in [0.4, 0.5) is 5.69 Å². The number of anilines is 1. The highest BCUT2D eigenvalue weighted by Crippen LogP contribution is 2.23. The molecule has 1 aliphatic heterocycles. The molecule has 0 aliphatic carbocycles. The van der Waals surface area contributed by atoms with Gasteiger partial charge in [0.25, 0.3) is 5.91 Å². The first-order valence-corrected chi connectivity index (χ1v) is 4.40. The van der Waals surface area contributed by atoms with Crippen molar-refractivity contribution in [2.24, 2.45) is 7.05 Å². The molecule has 2 N–H and O–H groups in total. The number of amides is 1. The van der Waals surface area contributed by atoms with Crippen LogP contribution in [0.3, 0.4) is 0 Å². The van der Waals surface area contributed by atoms with Gasteiger partial charge in [0.15, 0.2) is 0 Å². The van der Waals surface area contributed by atoms with Gasteiger partial charge in [-0.1, -0.05) is 0 Å². The van der Waals surface area contributed by atoms with E-state index in [0.29, 0.717) is 5.69 Å². The molecule has 1 amide bonds. The average Bonchev–Trinajstić information content (AvgIpc) is 2.27. The van der Waals surface area contributed by atoms with E-state index >= 15 is 0 Å². The number of carbonyl (C=O) groups is 1. The maximum Gasteiger partial charge on any atom is 0.273 e. The summed E-state index contributed by atoms with van der Waals surface area (Å²) >= 11 is 4.12. The Morgan fingerprint density at radius 2 is 2.23 bits per heavy atom. The van der Waals surface area contributed by atoms with E-state index in [1.165, 1.54) is 0 Å². The predicted molar refractivity (Wildman–Crippen MR) is 51.8 cm³/mol. The van der Waals surface area contributed by atoms with E-state index in [-0.39, 0.29) is 11.4 Å². The fourth-order valence-corrected chi connectivity index (χ4v) is 1.70. The van der Waals surface area contributed by atoms with Gasteiger partial charge < -0.3 is 10.6 Å². The lowest BCUT2D eigenvalue weighted by Crippen LogP contribution is -2.42. The third-order valence-corrected chi connectivity index (χ3v) is 2.24. The Morgan fingerprint density at radius 3 is 2.92 bits per heavy atom. The third kappa shape index (κ3) is 1.17. The second-order valence-electron chi connectivity index (χ2n) is 2.95. The van der Waals surface area contributed by atoms with Crippen molar-refractivity contribution in [2.45, 2.75) is 12.4 Å². The highest BCUT2D eigenvalue weighted by Gasteiger charge is 2.26. The molecule has 1 atom stereocenters. The van der Waals surface area contributed by atoms with Gasteiger partial charge in [0.1, 0.15) is 11.2 Å². The largest absolute Gasteiger partial charge is 0.354 e. The molecular formula is C7H10N4OS. The van der Waals surface area contributed by atoms with E-state index in [2.05, 4.69) is 28.4 Å². The lowest BCUT2D eigenvalue weighted by molar-refractivity contribution is 0.0939.